The summed E-state index contributed by atoms with van der Waals surface area (Å²) in [5, 5.41) is 45.4. The lowest BCUT2D eigenvalue weighted by Crippen LogP contribution is -2.65. The van der Waals surface area contributed by atoms with Crippen LogP contribution in [0.15, 0.2) is 23.0 Å². The second-order valence-electron chi connectivity index (χ2n) is 11.0. The number of nitrogens with two attached hydrogens (primary N) is 1. The number of fused-ring (bicyclic) bond motifs is 3. The lowest BCUT2D eigenvalue weighted by molar-refractivity contribution is -0.153. The van der Waals surface area contributed by atoms with E-state index in [0.29, 0.717) is 24.1 Å². The molecule has 0 aromatic heterocycles. The van der Waals surface area contributed by atoms with Gasteiger partial charge in [-0.3, -0.25) is 24.2 Å². The number of carbonyl (C=O) groups is 3. The number of hydrogen-bond donors (Lipinski definition) is 5. The molecule has 1 aromatic rings. The highest BCUT2D eigenvalue weighted by molar-refractivity contribution is 14.1. The average molecular weight is 637 g/mol. The number of likely N-dealkylation sites (tertiary alicyclic amines) is 1. The van der Waals surface area contributed by atoms with Gasteiger partial charge in [-0.2, -0.15) is 0 Å². The van der Waals surface area contributed by atoms with E-state index in [1.54, 1.807) is 14.1 Å². The van der Waals surface area contributed by atoms with Crippen molar-refractivity contribution in [1.82, 2.24) is 9.80 Å². The van der Waals surface area contributed by atoms with Crippen molar-refractivity contribution >= 4 is 45.8 Å². The first kappa shape index (κ1) is 27.1. The smallest absolute Gasteiger partial charge is 0.255 e. The monoisotopic (exact) mass is 637 g/mol. The Kier molecular flexibility index (Phi) is 6.86. The van der Waals surface area contributed by atoms with Gasteiger partial charge in [0.2, 0.25) is 5.78 Å². The molecule has 5 rings (SSSR count). The van der Waals surface area contributed by atoms with E-state index in [4.69, 9.17) is 5.73 Å². The molecule has 10 nitrogen and oxygen atoms in total. The molecule has 1 aliphatic heterocycles. The van der Waals surface area contributed by atoms with E-state index in [1.807, 2.05) is 6.07 Å². The van der Waals surface area contributed by atoms with Crippen LogP contribution in [0.25, 0.3) is 5.76 Å². The van der Waals surface area contributed by atoms with Gasteiger partial charge in [0.15, 0.2) is 11.4 Å². The number of aliphatic hydroxyl groups excluding tert-OH is 2. The third kappa shape index (κ3) is 3.89. The summed E-state index contributed by atoms with van der Waals surface area (Å²) in [6, 6.07) is 0.815. The number of aromatic hydroxyl groups is 1. The maximum atomic E-state index is 14.0. The highest BCUT2D eigenvalue weighted by Crippen LogP contribution is 2.53. The number of phenols is 1. The zero-order chi connectivity index (χ0) is 27.7. The van der Waals surface area contributed by atoms with Crippen LogP contribution in [0.3, 0.4) is 0 Å². The van der Waals surface area contributed by atoms with Gasteiger partial charge >= 0.3 is 0 Å². The van der Waals surface area contributed by atoms with Crippen molar-refractivity contribution in [1.29, 1.82) is 0 Å². The van der Waals surface area contributed by atoms with Gasteiger partial charge in [-0.05, 0) is 93.0 Å². The first-order chi connectivity index (χ1) is 17.9. The Balaban J connectivity index is 1.65. The SMILES string of the molecule is CN(C)C1C(=O)C(C(N)=O)=C(O)[C@@]2(O)C(=O)C3=C(O)c4c(O)c(CN5CCCCC5)cc(I)c4C[C@H]3C[C@@H]12. The number of ketones is 2. The Bertz CT molecular complexity index is 1310. The summed E-state index contributed by atoms with van der Waals surface area (Å²) in [6.07, 6.45) is 3.70. The average Bonchev–Trinajstić information content (AvgIpc) is 2.84. The molecule has 11 heteroatoms. The summed E-state index contributed by atoms with van der Waals surface area (Å²) in [5.41, 5.74) is 3.28. The summed E-state index contributed by atoms with van der Waals surface area (Å²) >= 11 is 2.17. The van der Waals surface area contributed by atoms with Crippen molar-refractivity contribution in [3.05, 3.63) is 43.2 Å². The summed E-state index contributed by atoms with van der Waals surface area (Å²) in [4.78, 5) is 43.0. The topological polar surface area (TPSA) is 165 Å². The Morgan fingerprint density at radius 2 is 1.84 bits per heavy atom. The van der Waals surface area contributed by atoms with Gasteiger partial charge in [-0.1, -0.05) is 6.42 Å². The second-order valence-corrected chi connectivity index (χ2v) is 12.2. The number of aliphatic hydroxyl groups is 3. The number of Topliss-reactive ketones (excluding diaryl/α,β-unsaturated/α-hetero) is 2. The van der Waals surface area contributed by atoms with Crippen molar-refractivity contribution < 1.29 is 34.8 Å². The van der Waals surface area contributed by atoms with Crippen LogP contribution in [0.1, 0.15) is 42.4 Å². The van der Waals surface area contributed by atoms with Gasteiger partial charge in [0.05, 0.1) is 11.6 Å². The van der Waals surface area contributed by atoms with E-state index >= 15 is 0 Å². The van der Waals surface area contributed by atoms with Crippen LogP contribution in [0.5, 0.6) is 5.75 Å². The van der Waals surface area contributed by atoms with Gasteiger partial charge in [-0.15, -0.1) is 0 Å². The molecule has 1 saturated heterocycles. The molecule has 204 valence electrons. The number of piperidine rings is 1. The molecule has 1 aromatic carbocycles. The predicted molar refractivity (Wildman–Crippen MR) is 146 cm³/mol. The van der Waals surface area contributed by atoms with Crippen LogP contribution >= 0.6 is 22.6 Å². The fourth-order valence-electron chi connectivity index (χ4n) is 6.80. The predicted octanol–water partition coefficient (Wildman–Crippen LogP) is 1.55. The second kappa shape index (κ2) is 9.61. The van der Waals surface area contributed by atoms with Gasteiger partial charge < -0.3 is 26.2 Å². The summed E-state index contributed by atoms with van der Waals surface area (Å²) in [6.45, 7) is 2.32. The molecule has 0 bridgehead atoms. The zero-order valence-electron chi connectivity index (χ0n) is 21.3. The molecule has 38 heavy (non-hydrogen) atoms. The highest BCUT2D eigenvalue weighted by Gasteiger charge is 2.64. The number of phenolic OH excluding ortho intramolecular Hbond substituents is 1. The normalized spacial score (nSPS) is 29.9. The molecular weight excluding hydrogens is 605 g/mol. The van der Waals surface area contributed by atoms with Crippen LogP contribution < -0.4 is 5.73 Å². The van der Waals surface area contributed by atoms with Crippen LogP contribution in [-0.4, -0.2) is 86.5 Å². The molecule has 1 saturated carbocycles. The van der Waals surface area contributed by atoms with Crippen LogP contribution in [0, 0.1) is 15.4 Å². The number of likely N-dealkylation sites (N-methyl/N-ethyl adjacent to an activating group) is 1. The van der Waals surface area contributed by atoms with Crippen LogP contribution in [0.2, 0.25) is 0 Å². The first-order valence-corrected chi connectivity index (χ1v) is 13.9. The molecule has 0 spiro atoms. The third-order valence-electron chi connectivity index (χ3n) is 8.59. The Hall–Kier alpha value is -2.48. The minimum atomic E-state index is -2.63. The first-order valence-electron chi connectivity index (χ1n) is 12.8. The minimum Gasteiger partial charge on any atom is -0.508 e. The highest BCUT2D eigenvalue weighted by atomic mass is 127. The summed E-state index contributed by atoms with van der Waals surface area (Å²) in [5.74, 6) is -6.28. The molecule has 4 aliphatic rings. The van der Waals surface area contributed by atoms with Crippen molar-refractivity contribution in [2.45, 2.75) is 50.3 Å². The third-order valence-corrected chi connectivity index (χ3v) is 9.55. The Morgan fingerprint density at radius 3 is 2.45 bits per heavy atom. The van der Waals surface area contributed by atoms with E-state index < -0.39 is 58.0 Å². The maximum Gasteiger partial charge on any atom is 0.255 e. The lowest BCUT2D eigenvalue weighted by Gasteiger charge is -2.50. The molecule has 1 heterocycles. The van der Waals surface area contributed by atoms with Gasteiger partial charge in [-0.25, -0.2) is 0 Å². The number of halogens is 1. The van der Waals surface area contributed by atoms with Gasteiger partial charge in [0, 0.05) is 27.2 Å². The Morgan fingerprint density at radius 1 is 1.18 bits per heavy atom. The summed E-state index contributed by atoms with van der Waals surface area (Å²) in [7, 11) is 3.16. The number of hydrogen-bond acceptors (Lipinski definition) is 9. The molecule has 1 unspecified atom stereocenters. The Labute approximate surface area is 233 Å². The standard InChI is InChI=1S/C27H32IN3O7/c1-30(2)20-15-9-12-8-14-16(28)10-13(11-31-6-4-3-5-7-31)21(32)18(14)22(33)17(12)24(35)27(15,38)25(36)19(23(20)34)26(29)37/h10,12,15,20,32-33,36,38H,3-9,11H2,1-2H3,(H2,29,37)/t12-,15-,20?,27-/m0/s1. The van der Waals surface area contributed by atoms with E-state index in [2.05, 4.69) is 27.5 Å². The minimum absolute atomic E-state index is 0.0815. The van der Waals surface area contributed by atoms with Crippen molar-refractivity contribution in [3.8, 4) is 5.75 Å². The van der Waals surface area contributed by atoms with Crippen molar-refractivity contribution in [2.24, 2.45) is 17.6 Å². The van der Waals surface area contributed by atoms with Crippen molar-refractivity contribution in [2.75, 3.05) is 27.2 Å². The largest absolute Gasteiger partial charge is 0.508 e. The fourth-order valence-corrected chi connectivity index (χ4v) is 7.66. The molecule has 3 aliphatic carbocycles. The molecular formula is C27H32IN3O7. The quantitative estimate of drug-likeness (QED) is 0.244. The van der Waals surface area contributed by atoms with E-state index in [0.717, 1.165) is 29.5 Å². The number of nitrogens with zero attached hydrogens (tertiary/aromatic N) is 2. The lowest BCUT2D eigenvalue weighted by atomic mass is 9.57. The number of amides is 1. The molecule has 2 fully saturated rings. The van der Waals surface area contributed by atoms with E-state index in [9.17, 15) is 34.8 Å². The molecule has 0 radical (unpaired) electrons. The van der Waals surface area contributed by atoms with Gasteiger partial charge in [0.25, 0.3) is 5.91 Å². The molecule has 1 amide bonds. The van der Waals surface area contributed by atoms with Gasteiger partial charge in [0.1, 0.15) is 22.8 Å². The number of rotatable bonds is 4. The van der Waals surface area contributed by atoms with Crippen LogP contribution in [-0.2, 0) is 27.3 Å². The van der Waals surface area contributed by atoms with E-state index in [1.165, 1.54) is 11.3 Å². The molecule has 6 N–H and O–H groups in total. The zero-order valence-corrected chi connectivity index (χ0v) is 23.5. The van der Waals surface area contributed by atoms with E-state index in [-0.39, 0.29) is 23.3 Å². The van der Waals surface area contributed by atoms with Crippen LogP contribution in [0.4, 0.5) is 0 Å². The number of benzene rings is 1. The number of carbonyl (C=O) groups excluding carboxylic acids is 3. The number of primary amides is 1. The molecule has 4 atom stereocenters. The van der Waals surface area contributed by atoms with Crippen molar-refractivity contribution in [3.63, 3.8) is 0 Å². The summed E-state index contributed by atoms with van der Waals surface area (Å²) < 4.78 is 0.837. The fraction of sp³-hybridized carbons (Fsp3) is 0.519. The maximum absolute atomic E-state index is 14.0.